The number of ketones is 1. The smallest absolute Gasteiger partial charge is 0.226 e. The van der Waals surface area contributed by atoms with E-state index in [1.54, 1.807) is 0 Å². The van der Waals surface area contributed by atoms with Gasteiger partial charge in [0, 0.05) is 62.0 Å². The second-order valence-corrected chi connectivity index (χ2v) is 10.6. The van der Waals surface area contributed by atoms with Crippen LogP contribution in [0.3, 0.4) is 0 Å². The van der Waals surface area contributed by atoms with Crippen LogP contribution in [0.25, 0.3) is 0 Å². The highest BCUT2D eigenvalue weighted by Gasteiger charge is 2.33. The van der Waals surface area contributed by atoms with Gasteiger partial charge in [0.2, 0.25) is 5.91 Å². The zero-order chi connectivity index (χ0) is 22.7. The topological polar surface area (TPSA) is 52.7 Å². The van der Waals surface area contributed by atoms with E-state index in [9.17, 15) is 9.59 Å². The second kappa shape index (κ2) is 10.7. The van der Waals surface area contributed by atoms with Crippen molar-refractivity contribution in [3.8, 4) is 0 Å². The summed E-state index contributed by atoms with van der Waals surface area (Å²) in [5.74, 6) is 1.06. The average molecular weight is 460 g/mol. The first kappa shape index (κ1) is 23.7. The van der Waals surface area contributed by atoms with Gasteiger partial charge in [0.05, 0.1) is 0 Å². The van der Waals surface area contributed by atoms with Gasteiger partial charge in [-0.2, -0.15) is 0 Å². The number of Topliss-reactive ketones (excluding diaryl/α,β-unsaturated/α-hetero) is 1. The maximum atomic E-state index is 12.9. The van der Waals surface area contributed by atoms with E-state index in [0.717, 1.165) is 70.5 Å². The van der Waals surface area contributed by atoms with Crippen LogP contribution in [-0.4, -0.2) is 60.3 Å². The van der Waals surface area contributed by atoms with Gasteiger partial charge in [-0.3, -0.25) is 14.5 Å². The highest BCUT2D eigenvalue weighted by molar-refractivity contribution is 6.30. The third-order valence-corrected chi connectivity index (χ3v) is 8.02. The minimum absolute atomic E-state index is 0.122. The summed E-state index contributed by atoms with van der Waals surface area (Å²) in [4.78, 5) is 30.3. The molecule has 1 saturated carbocycles. The first-order valence-electron chi connectivity index (χ1n) is 12.5. The van der Waals surface area contributed by atoms with Crippen molar-refractivity contribution in [2.45, 2.75) is 71.4 Å². The molecule has 0 aromatic heterocycles. The van der Waals surface area contributed by atoms with Gasteiger partial charge >= 0.3 is 0 Å². The number of nitrogens with zero attached hydrogens (tertiary/aromatic N) is 2. The Balaban J connectivity index is 1.38. The maximum absolute atomic E-state index is 12.9. The van der Waals surface area contributed by atoms with Crippen molar-refractivity contribution in [1.29, 1.82) is 0 Å². The highest BCUT2D eigenvalue weighted by atomic mass is 35.5. The van der Waals surface area contributed by atoms with Crippen molar-refractivity contribution in [3.63, 3.8) is 0 Å². The molecule has 1 aromatic carbocycles. The summed E-state index contributed by atoms with van der Waals surface area (Å²) in [5.41, 5.74) is 3.44. The van der Waals surface area contributed by atoms with Crippen LogP contribution in [0.5, 0.6) is 0 Å². The van der Waals surface area contributed by atoms with Crippen LogP contribution in [0.1, 0.15) is 62.1 Å². The highest BCUT2D eigenvalue weighted by Crippen LogP contribution is 2.29. The van der Waals surface area contributed by atoms with Crippen LogP contribution in [0, 0.1) is 18.8 Å². The summed E-state index contributed by atoms with van der Waals surface area (Å²) in [6.45, 7) is 9.49. The van der Waals surface area contributed by atoms with Gasteiger partial charge in [-0.25, -0.2) is 0 Å². The fourth-order valence-corrected chi connectivity index (χ4v) is 6.02. The lowest BCUT2D eigenvalue weighted by Crippen LogP contribution is -2.54. The molecule has 3 aliphatic rings. The van der Waals surface area contributed by atoms with E-state index in [2.05, 4.69) is 29.0 Å². The number of hydrogen-bond acceptors (Lipinski definition) is 4. The number of amides is 1. The van der Waals surface area contributed by atoms with Crippen LogP contribution < -0.4 is 5.32 Å². The van der Waals surface area contributed by atoms with Crippen LogP contribution in [0.2, 0.25) is 5.02 Å². The number of halogens is 1. The fraction of sp³-hybridized carbons (Fsp3) is 0.692. The first-order chi connectivity index (χ1) is 15.4. The Labute approximate surface area is 197 Å². The molecule has 0 spiro atoms. The molecule has 0 radical (unpaired) electrons. The summed E-state index contributed by atoms with van der Waals surface area (Å²) < 4.78 is 0. The lowest BCUT2D eigenvalue weighted by atomic mass is 9.89. The van der Waals surface area contributed by atoms with E-state index in [1.807, 2.05) is 12.1 Å². The molecule has 6 heteroatoms. The molecular weight excluding hydrogens is 422 g/mol. The number of benzene rings is 1. The summed E-state index contributed by atoms with van der Waals surface area (Å²) in [7, 11) is 0. The van der Waals surface area contributed by atoms with Gasteiger partial charge in [0.1, 0.15) is 5.78 Å². The fourth-order valence-electron chi connectivity index (χ4n) is 5.76. The van der Waals surface area contributed by atoms with Gasteiger partial charge in [-0.15, -0.1) is 0 Å². The van der Waals surface area contributed by atoms with Gasteiger partial charge in [0.15, 0.2) is 0 Å². The molecule has 1 N–H and O–H groups in total. The molecule has 4 rings (SSSR count). The zero-order valence-electron chi connectivity index (χ0n) is 19.7. The summed E-state index contributed by atoms with van der Waals surface area (Å²) in [6, 6.07) is 4.25. The summed E-state index contributed by atoms with van der Waals surface area (Å²) >= 11 is 6.48. The number of hydrogen-bond donors (Lipinski definition) is 1. The Kier molecular flexibility index (Phi) is 7.91. The minimum Gasteiger partial charge on any atom is -0.337 e. The van der Waals surface area contributed by atoms with Crippen molar-refractivity contribution in [2.24, 2.45) is 11.8 Å². The normalized spacial score (nSPS) is 25.3. The molecule has 1 aliphatic carbocycles. The molecule has 32 heavy (non-hydrogen) atoms. The molecule has 176 valence electrons. The Hall–Kier alpha value is -1.43. The quantitative estimate of drug-likeness (QED) is 0.699. The van der Waals surface area contributed by atoms with Crippen molar-refractivity contribution in [3.05, 3.63) is 33.8 Å². The average Bonchev–Trinajstić information content (AvgIpc) is 3.32. The molecule has 5 nitrogen and oxygen atoms in total. The van der Waals surface area contributed by atoms with Crippen LogP contribution >= 0.6 is 11.6 Å². The van der Waals surface area contributed by atoms with E-state index >= 15 is 0 Å². The lowest BCUT2D eigenvalue weighted by molar-refractivity contribution is -0.140. The van der Waals surface area contributed by atoms with E-state index in [0.29, 0.717) is 23.1 Å². The molecular formula is C26H38ClN3O2. The molecule has 2 aliphatic heterocycles. The van der Waals surface area contributed by atoms with Crippen molar-refractivity contribution in [2.75, 3.05) is 32.7 Å². The standard InChI is InChI=1S/C26H38ClN3O2/c1-18-16-29(10-11-30(18)26(32)20-6-3-4-7-20)17-23-13-24(27)12-22(19(23)2)14-25(31)21-8-5-9-28-15-21/h12-13,18,20-21,28H,3-11,14-17H2,1-2H3/t18-,21-/m0/s1. The van der Waals surface area contributed by atoms with Crippen molar-refractivity contribution < 1.29 is 9.59 Å². The zero-order valence-corrected chi connectivity index (χ0v) is 20.4. The minimum atomic E-state index is 0.122. The maximum Gasteiger partial charge on any atom is 0.226 e. The number of piperidine rings is 1. The molecule has 2 heterocycles. The third-order valence-electron chi connectivity index (χ3n) is 7.80. The van der Waals surface area contributed by atoms with E-state index in [4.69, 9.17) is 11.6 Å². The molecule has 2 saturated heterocycles. The van der Waals surface area contributed by atoms with Crippen molar-refractivity contribution >= 4 is 23.3 Å². The van der Waals surface area contributed by atoms with E-state index in [-0.39, 0.29) is 17.9 Å². The molecule has 2 atom stereocenters. The lowest BCUT2D eigenvalue weighted by Gasteiger charge is -2.41. The molecule has 0 unspecified atom stereocenters. The molecule has 1 amide bonds. The molecule has 1 aromatic rings. The Morgan fingerprint density at radius 3 is 2.47 bits per heavy atom. The largest absolute Gasteiger partial charge is 0.337 e. The van der Waals surface area contributed by atoms with Crippen LogP contribution in [0.4, 0.5) is 0 Å². The second-order valence-electron chi connectivity index (χ2n) is 10.1. The van der Waals surface area contributed by atoms with Gasteiger partial charge in [-0.05, 0) is 74.9 Å². The number of carbonyl (C=O) groups is 2. The van der Waals surface area contributed by atoms with Crippen LogP contribution in [0.15, 0.2) is 12.1 Å². The number of carbonyl (C=O) groups excluding carboxylic acids is 2. The first-order valence-corrected chi connectivity index (χ1v) is 12.8. The number of nitrogens with one attached hydrogen (secondary N) is 1. The van der Waals surface area contributed by atoms with E-state index in [1.165, 1.54) is 24.0 Å². The van der Waals surface area contributed by atoms with E-state index < -0.39 is 0 Å². The molecule has 3 fully saturated rings. The van der Waals surface area contributed by atoms with Gasteiger partial charge in [0.25, 0.3) is 0 Å². The SMILES string of the molecule is Cc1c(CC(=O)[C@H]2CCCNC2)cc(Cl)cc1CN1CCN(C(=O)C2CCCC2)[C@@H](C)C1. The van der Waals surface area contributed by atoms with Gasteiger partial charge < -0.3 is 10.2 Å². The number of rotatable bonds is 6. The predicted molar refractivity (Wildman–Crippen MR) is 129 cm³/mol. The third kappa shape index (κ3) is 5.55. The van der Waals surface area contributed by atoms with Gasteiger partial charge in [-0.1, -0.05) is 24.4 Å². The Bertz CT molecular complexity index is 831. The number of piperazine rings is 1. The Morgan fingerprint density at radius 1 is 1.06 bits per heavy atom. The monoisotopic (exact) mass is 459 g/mol. The van der Waals surface area contributed by atoms with Crippen molar-refractivity contribution in [1.82, 2.24) is 15.1 Å². The molecule has 0 bridgehead atoms. The summed E-state index contributed by atoms with van der Waals surface area (Å²) in [6.07, 6.45) is 7.04. The van der Waals surface area contributed by atoms with Crippen LogP contribution in [-0.2, 0) is 22.6 Å². The summed E-state index contributed by atoms with van der Waals surface area (Å²) in [5, 5.41) is 4.05. The Morgan fingerprint density at radius 2 is 1.78 bits per heavy atom. The predicted octanol–water partition coefficient (Wildman–Crippen LogP) is 3.98.